The molecule has 1 aromatic heterocycles. The first-order valence-corrected chi connectivity index (χ1v) is 8.90. The highest BCUT2D eigenvalue weighted by atomic mass is 32.2. The maximum atomic E-state index is 11.7. The lowest BCUT2D eigenvalue weighted by Gasteiger charge is -2.13. The number of benzene rings is 1. The van der Waals surface area contributed by atoms with Crippen LogP contribution in [-0.4, -0.2) is 43.3 Å². The van der Waals surface area contributed by atoms with Gasteiger partial charge in [0.1, 0.15) is 6.04 Å². The quantitative estimate of drug-likeness (QED) is 0.747. The minimum atomic E-state index is -3.30. The Kier molecular flexibility index (Phi) is 4.58. The zero-order valence-electron chi connectivity index (χ0n) is 12.8. The van der Waals surface area contributed by atoms with Gasteiger partial charge in [0.25, 0.3) is 0 Å². The molecule has 0 fully saturated rings. The van der Waals surface area contributed by atoms with Crippen LogP contribution in [0, 0.1) is 6.92 Å². The summed E-state index contributed by atoms with van der Waals surface area (Å²) < 4.78 is 23.4. The second-order valence-electron chi connectivity index (χ2n) is 5.36. The fourth-order valence-electron chi connectivity index (χ4n) is 2.55. The molecule has 0 aliphatic rings. The van der Waals surface area contributed by atoms with Crippen LogP contribution in [0.2, 0.25) is 0 Å². The van der Waals surface area contributed by atoms with Crippen molar-refractivity contribution in [3.8, 4) is 0 Å². The van der Waals surface area contributed by atoms with E-state index in [-0.39, 0.29) is 4.90 Å². The second-order valence-corrected chi connectivity index (χ2v) is 7.38. The summed E-state index contributed by atoms with van der Waals surface area (Å²) in [6.45, 7) is 4.26. The number of aromatic amines is 1. The van der Waals surface area contributed by atoms with E-state index in [1.807, 2.05) is 13.8 Å². The molecule has 0 aliphatic carbocycles. The average molecular weight is 324 g/mol. The predicted octanol–water partition coefficient (Wildman–Crippen LogP) is 1.49. The number of hydrogen-bond donors (Lipinski definition) is 3. The van der Waals surface area contributed by atoms with E-state index in [1.165, 1.54) is 0 Å². The highest BCUT2D eigenvalue weighted by Crippen LogP contribution is 2.26. The monoisotopic (exact) mass is 324 g/mol. The van der Waals surface area contributed by atoms with Crippen molar-refractivity contribution in [3.63, 3.8) is 0 Å². The molecule has 1 aromatic carbocycles. The molecule has 0 amide bonds. The highest BCUT2D eigenvalue weighted by molar-refractivity contribution is 7.90. The first-order valence-electron chi connectivity index (χ1n) is 7.01. The third-order valence-electron chi connectivity index (χ3n) is 3.68. The van der Waals surface area contributed by atoms with Crippen LogP contribution in [0.1, 0.15) is 18.2 Å². The van der Waals surface area contributed by atoms with Gasteiger partial charge in [-0.15, -0.1) is 0 Å². The number of sulfone groups is 1. The Bertz CT molecular complexity index is 808. The fourth-order valence-corrected chi connectivity index (χ4v) is 3.20. The number of rotatable bonds is 6. The van der Waals surface area contributed by atoms with Gasteiger partial charge >= 0.3 is 5.97 Å². The molecule has 0 saturated carbocycles. The first kappa shape index (κ1) is 16.5. The van der Waals surface area contributed by atoms with Crippen molar-refractivity contribution < 1.29 is 18.3 Å². The molecular formula is C15H20N2O4S. The number of aryl methyl sites for hydroxylation is 1. The number of aromatic nitrogens is 1. The molecule has 1 atom stereocenters. The van der Waals surface area contributed by atoms with Crippen LogP contribution in [0.4, 0.5) is 0 Å². The van der Waals surface area contributed by atoms with E-state index >= 15 is 0 Å². The predicted molar refractivity (Wildman–Crippen MR) is 85.0 cm³/mol. The lowest BCUT2D eigenvalue weighted by molar-refractivity contribution is -0.139. The average Bonchev–Trinajstić information content (AvgIpc) is 2.72. The summed E-state index contributed by atoms with van der Waals surface area (Å²) in [7, 11) is -3.30. The molecule has 0 aliphatic heterocycles. The Labute approximate surface area is 129 Å². The summed E-state index contributed by atoms with van der Waals surface area (Å²) in [5, 5.41) is 13.0. The van der Waals surface area contributed by atoms with E-state index in [2.05, 4.69) is 10.3 Å². The number of H-pyrrole nitrogens is 1. The third kappa shape index (κ3) is 3.31. The van der Waals surface area contributed by atoms with Crippen LogP contribution in [0.25, 0.3) is 10.9 Å². The maximum absolute atomic E-state index is 11.7. The molecule has 120 valence electrons. The number of nitrogens with one attached hydrogen (secondary N) is 2. The summed E-state index contributed by atoms with van der Waals surface area (Å²) in [6, 6.07) is 4.17. The molecule has 1 unspecified atom stereocenters. The van der Waals surface area contributed by atoms with E-state index in [1.54, 1.807) is 18.2 Å². The molecular weight excluding hydrogens is 304 g/mol. The van der Waals surface area contributed by atoms with Gasteiger partial charge in [0.2, 0.25) is 0 Å². The number of aliphatic carboxylic acids is 1. The van der Waals surface area contributed by atoms with Gasteiger partial charge in [-0.3, -0.25) is 4.79 Å². The maximum Gasteiger partial charge on any atom is 0.321 e. The Morgan fingerprint density at radius 3 is 2.64 bits per heavy atom. The van der Waals surface area contributed by atoms with Gasteiger partial charge in [0, 0.05) is 29.3 Å². The zero-order chi connectivity index (χ0) is 16.5. The summed E-state index contributed by atoms with van der Waals surface area (Å²) in [6.07, 6.45) is 1.45. The van der Waals surface area contributed by atoms with Crippen LogP contribution in [-0.2, 0) is 21.1 Å². The number of likely N-dealkylation sites (N-methyl/N-ethyl adjacent to an activating group) is 1. The first-order chi connectivity index (χ1) is 10.2. The lowest BCUT2D eigenvalue weighted by atomic mass is 10.0. The van der Waals surface area contributed by atoms with Gasteiger partial charge in [-0.05, 0) is 37.2 Å². The largest absolute Gasteiger partial charge is 0.480 e. The van der Waals surface area contributed by atoms with Crippen LogP contribution >= 0.6 is 0 Å². The molecule has 2 aromatic rings. The molecule has 0 spiro atoms. The standard InChI is InChI=1S/C15H20N2O4S/c1-4-16-14(15(18)19)8-11-9(2)17-13-6-5-10(7-12(11)13)22(3,20)21/h5-7,14,16-17H,4,8H2,1-3H3,(H,18,19). The number of carboxylic acids is 1. The number of carbonyl (C=O) groups is 1. The van der Waals surface area contributed by atoms with Crippen molar-refractivity contribution in [2.75, 3.05) is 12.8 Å². The van der Waals surface area contributed by atoms with Crippen molar-refractivity contribution in [2.45, 2.75) is 31.2 Å². The zero-order valence-corrected chi connectivity index (χ0v) is 13.6. The Morgan fingerprint density at radius 2 is 2.09 bits per heavy atom. The van der Waals surface area contributed by atoms with Gasteiger partial charge in [-0.2, -0.15) is 0 Å². The summed E-state index contributed by atoms with van der Waals surface area (Å²) in [4.78, 5) is 14.7. The molecule has 7 heteroatoms. The lowest BCUT2D eigenvalue weighted by Crippen LogP contribution is -2.38. The van der Waals surface area contributed by atoms with E-state index in [0.29, 0.717) is 13.0 Å². The molecule has 2 rings (SSSR count). The van der Waals surface area contributed by atoms with Gasteiger partial charge < -0.3 is 15.4 Å². The van der Waals surface area contributed by atoms with Gasteiger partial charge in [-0.25, -0.2) is 8.42 Å². The van der Waals surface area contributed by atoms with Crippen LogP contribution < -0.4 is 5.32 Å². The van der Waals surface area contributed by atoms with E-state index in [9.17, 15) is 18.3 Å². The molecule has 0 saturated heterocycles. The molecule has 3 N–H and O–H groups in total. The number of carboxylic acid groups (broad SMARTS) is 1. The molecule has 6 nitrogen and oxygen atoms in total. The summed E-state index contributed by atoms with van der Waals surface area (Å²) >= 11 is 0. The highest BCUT2D eigenvalue weighted by Gasteiger charge is 2.21. The van der Waals surface area contributed by atoms with Crippen LogP contribution in [0.5, 0.6) is 0 Å². The Morgan fingerprint density at radius 1 is 1.41 bits per heavy atom. The van der Waals surface area contributed by atoms with E-state index in [4.69, 9.17) is 0 Å². The Balaban J connectivity index is 2.52. The smallest absolute Gasteiger partial charge is 0.321 e. The number of fused-ring (bicyclic) bond motifs is 1. The normalized spacial score (nSPS) is 13.4. The second kappa shape index (κ2) is 6.10. The van der Waals surface area contributed by atoms with Crippen LogP contribution in [0.3, 0.4) is 0 Å². The molecule has 0 radical (unpaired) electrons. The minimum absolute atomic E-state index is 0.232. The van der Waals surface area contributed by atoms with Gasteiger partial charge in [0.05, 0.1) is 4.90 Å². The van der Waals surface area contributed by atoms with Gasteiger partial charge in [0.15, 0.2) is 9.84 Å². The van der Waals surface area contributed by atoms with Crippen molar-refractivity contribution in [2.24, 2.45) is 0 Å². The third-order valence-corrected chi connectivity index (χ3v) is 4.79. The summed E-state index contributed by atoms with van der Waals surface area (Å²) in [5.74, 6) is -0.921. The molecule has 0 bridgehead atoms. The van der Waals surface area contributed by atoms with Gasteiger partial charge in [-0.1, -0.05) is 6.92 Å². The van der Waals surface area contributed by atoms with E-state index in [0.717, 1.165) is 28.4 Å². The molecule has 22 heavy (non-hydrogen) atoms. The minimum Gasteiger partial charge on any atom is -0.480 e. The molecule has 1 heterocycles. The fraction of sp³-hybridized carbons (Fsp3) is 0.400. The SMILES string of the molecule is CCNC(Cc1c(C)[nH]c2ccc(S(C)(=O)=O)cc12)C(=O)O. The van der Waals surface area contributed by atoms with Crippen molar-refractivity contribution in [1.29, 1.82) is 0 Å². The van der Waals surface area contributed by atoms with Crippen molar-refractivity contribution >= 4 is 26.7 Å². The Hall–Kier alpha value is -1.86. The van der Waals surface area contributed by atoms with Crippen LogP contribution in [0.15, 0.2) is 23.1 Å². The topological polar surface area (TPSA) is 99.3 Å². The summed E-state index contributed by atoms with van der Waals surface area (Å²) in [5.41, 5.74) is 2.49. The van der Waals surface area contributed by atoms with Crippen molar-refractivity contribution in [3.05, 3.63) is 29.5 Å². The number of hydrogen-bond acceptors (Lipinski definition) is 4. The van der Waals surface area contributed by atoms with E-state index < -0.39 is 21.8 Å². The van der Waals surface area contributed by atoms with Crippen molar-refractivity contribution in [1.82, 2.24) is 10.3 Å².